The molecule has 1 nitrogen and oxygen atoms in total. The van der Waals surface area contributed by atoms with E-state index in [4.69, 9.17) is 0 Å². The van der Waals surface area contributed by atoms with Crippen LogP contribution in [-0.2, 0) is 11.2 Å². The number of hydrogen-bond donors (Lipinski definition) is 0. The molecule has 0 aliphatic carbocycles. The second-order valence-corrected chi connectivity index (χ2v) is 3.31. The Labute approximate surface area is 80.2 Å². The van der Waals surface area contributed by atoms with Crippen molar-refractivity contribution in [3.8, 4) is 0 Å². The zero-order valence-electron chi connectivity index (χ0n) is 6.53. The molecule has 0 saturated heterocycles. The molecular formula is C10H9BrO. The van der Waals surface area contributed by atoms with Crippen LogP contribution in [0.3, 0.4) is 0 Å². The van der Waals surface area contributed by atoms with Crippen molar-refractivity contribution < 1.29 is 4.79 Å². The maximum Gasteiger partial charge on any atom is 0.142 e. The molecule has 0 unspecified atom stereocenters. The van der Waals surface area contributed by atoms with Gasteiger partial charge in [-0.05, 0) is 30.2 Å². The molecule has 1 rings (SSSR count). The van der Waals surface area contributed by atoms with Gasteiger partial charge in [-0.2, -0.15) is 0 Å². The van der Waals surface area contributed by atoms with Crippen LogP contribution in [0, 0.1) is 0 Å². The fraction of sp³-hybridized carbons (Fsp3) is 0.100. The molecule has 0 fully saturated rings. The van der Waals surface area contributed by atoms with Gasteiger partial charge in [0.15, 0.2) is 0 Å². The first-order valence-corrected chi connectivity index (χ1v) is 4.47. The number of carbonyl (C=O) groups is 1. The Morgan fingerprint density at radius 3 is 2.50 bits per heavy atom. The van der Waals surface area contributed by atoms with Gasteiger partial charge in [-0.25, -0.2) is 0 Å². The van der Waals surface area contributed by atoms with Crippen molar-refractivity contribution in [1.82, 2.24) is 0 Å². The molecule has 0 aliphatic rings. The lowest BCUT2D eigenvalue weighted by molar-refractivity contribution is -0.104. The fourth-order valence-corrected chi connectivity index (χ4v) is 1.14. The van der Waals surface area contributed by atoms with E-state index in [0.717, 1.165) is 17.2 Å². The molecule has 1 aromatic rings. The number of halogens is 1. The molecule has 0 spiro atoms. The summed E-state index contributed by atoms with van der Waals surface area (Å²) in [5, 5.41) is 0. The van der Waals surface area contributed by atoms with Crippen molar-refractivity contribution in [2.75, 3.05) is 0 Å². The Bertz CT molecular complexity index is 274. The topological polar surface area (TPSA) is 17.1 Å². The summed E-state index contributed by atoms with van der Waals surface area (Å²) in [5.74, 6) is 0. The van der Waals surface area contributed by atoms with Gasteiger partial charge in [-0.15, -0.1) is 0 Å². The van der Waals surface area contributed by atoms with Gasteiger partial charge in [0.2, 0.25) is 0 Å². The highest BCUT2D eigenvalue weighted by Gasteiger charge is 1.88. The van der Waals surface area contributed by atoms with E-state index in [1.807, 2.05) is 30.3 Å². The normalized spacial score (nSPS) is 10.4. The first-order chi connectivity index (χ1) is 5.83. The average Bonchev–Trinajstić information content (AvgIpc) is 2.09. The number of rotatable bonds is 3. The second kappa shape index (κ2) is 4.88. The van der Waals surface area contributed by atoms with E-state index < -0.39 is 0 Å². The zero-order valence-corrected chi connectivity index (χ0v) is 8.12. The molecular weight excluding hydrogens is 216 g/mol. The summed E-state index contributed by atoms with van der Waals surface area (Å²) in [7, 11) is 0. The van der Waals surface area contributed by atoms with Crippen LogP contribution in [0.4, 0.5) is 0 Å². The third-order valence-corrected chi connectivity index (χ3v) is 2.01. The van der Waals surface area contributed by atoms with Crippen LogP contribution in [0.5, 0.6) is 0 Å². The zero-order chi connectivity index (χ0) is 8.81. The minimum Gasteiger partial charge on any atom is -0.299 e. The lowest BCUT2D eigenvalue weighted by Gasteiger charge is -1.94. The summed E-state index contributed by atoms with van der Waals surface area (Å²) < 4.78 is 1.07. The maximum atomic E-state index is 9.95. The minimum absolute atomic E-state index is 0.791. The second-order valence-electron chi connectivity index (χ2n) is 2.39. The smallest absolute Gasteiger partial charge is 0.142 e. The van der Waals surface area contributed by atoms with Gasteiger partial charge in [-0.1, -0.05) is 34.1 Å². The first kappa shape index (κ1) is 9.20. The van der Waals surface area contributed by atoms with E-state index in [0.29, 0.717) is 0 Å². The van der Waals surface area contributed by atoms with Crippen molar-refractivity contribution in [2.45, 2.75) is 6.42 Å². The van der Waals surface area contributed by atoms with E-state index >= 15 is 0 Å². The molecule has 0 amide bonds. The first-order valence-electron chi connectivity index (χ1n) is 3.67. The highest BCUT2D eigenvalue weighted by atomic mass is 79.9. The Hall–Kier alpha value is -0.890. The maximum absolute atomic E-state index is 9.95. The van der Waals surface area contributed by atoms with Gasteiger partial charge in [0.1, 0.15) is 6.29 Å². The van der Waals surface area contributed by atoms with Crippen LogP contribution in [0.1, 0.15) is 5.56 Å². The Morgan fingerprint density at radius 1 is 1.25 bits per heavy atom. The van der Waals surface area contributed by atoms with Gasteiger partial charge < -0.3 is 0 Å². The van der Waals surface area contributed by atoms with E-state index in [-0.39, 0.29) is 0 Å². The minimum atomic E-state index is 0.791. The Kier molecular flexibility index (Phi) is 3.74. The Balaban J connectivity index is 2.58. The van der Waals surface area contributed by atoms with E-state index in [2.05, 4.69) is 15.9 Å². The molecule has 62 valence electrons. The van der Waals surface area contributed by atoms with Gasteiger partial charge in [0.05, 0.1) is 0 Å². The third kappa shape index (κ3) is 3.01. The lowest BCUT2D eigenvalue weighted by atomic mass is 10.1. The summed E-state index contributed by atoms with van der Waals surface area (Å²) in [6.07, 6.45) is 4.96. The summed E-state index contributed by atoms with van der Waals surface area (Å²) >= 11 is 3.35. The van der Waals surface area contributed by atoms with Crippen molar-refractivity contribution in [3.05, 3.63) is 46.5 Å². The largest absolute Gasteiger partial charge is 0.299 e. The highest BCUT2D eigenvalue weighted by Crippen LogP contribution is 2.10. The standard InChI is InChI=1S/C10H9BrO/c11-10-6-4-9(5-7-10)3-1-2-8-12/h1-2,4-8H,3H2. The van der Waals surface area contributed by atoms with Gasteiger partial charge >= 0.3 is 0 Å². The van der Waals surface area contributed by atoms with Gasteiger partial charge in [0, 0.05) is 4.47 Å². The lowest BCUT2D eigenvalue weighted by Crippen LogP contribution is -1.79. The molecule has 0 saturated carbocycles. The van der Waals surface area contributed by atoms with Crippen LogP contribution in [0.25, 0.3) is 0 Å². The van der Waals surface area contributed by atoms with E-state index in [9.17, 15) is 4.79 Å². The van der Waals surface area contributed by atoms with E-state index in [1.165, 1.54) is 11.6 Å². The SMILES string of the molecule is O=CC=CCc1ccc(Br)cc1. The molecule has 12 heavy (non-hydrogen) atoms. The number of benzene rings is 1. The molecule has 2 heteroatoms. The van der Waals surface area contributed by atoms with Crippen LogP contribution in [0.2, 0.25) is 0 Å². The van der Waals surface area contributed by atoms with Gasteiger partial charge in [0.25, 0.3) is 0 Å². The van der Waals surface area contributed by atoms with Crippen LogP contribution < -0.4 is 0 Å². The summed E-state index contributed by atoms with van der Waals surface area (Å²) in [6, 6.07) is 8.03. The summed E-state index contributed by atoms with van der Waals surface area (Å²) in [5.41, 5.74) is 1.20. The molecule has 0 bridgehead atoms. The highest BCUT2D eigenvalue weighted by molar-refractivity contribution is 9.10. The molecule has 0 radical (unpaired) electrons. The molecule has 0 N–H and O–H groups in total. The third-order valence-electron chi connectivity index (χ3n) is 1.48. The van der Waals surface area contributed by atoms with Crippen LogP contribution >= 0.6 is 15.9 Å². The Morgan fingerprint density at radius 2 is 1.92 bits per heavy atom. The molecule has 0 aromatic heterocycles. The van der Waals surface area contributed by atoms with Gasteiger partial charge in [-0.3, -0.25) is 4.79 Å². The predicted molar refractivity (Wildman–Crippen MR) is 53.1 cm³/mol. The van der Waals surface area contributed by atoms with Crippen molar-refractivity contribution in [2.24, 2.45) is 0 Å². The van der Waals surface area contributed by atoms with Crippen molar-refractivity contribution >= 4 is 22.2 Å². The van der Waals surface area contributed by atoms with E-state index in [1.54, 1.807) is 0 Å². The molecule has 0 heterocycles. The average molecular weight is 225 g/mol. The molecule has 0 atom stereocenters. The van der Waals surface area contributed by atoms with Crippen molar-refractivity contribution in [1.29, 1.82) is 0 Å². The van der Waals surface area contributed by atoms with Crippen molar-refractivity contribution in [3.63, 3.8) is 0 Å². The summed E-state index contributed by atoms with van der Waals surface area (Å²) in [4.78, 5) is 9.95. The summed E-state index contributed by atoms with van der Waals surface area (Å²) in [6.45, 7) is 0. The fourth-order valence-electron chi connectivity index (χ4n) is 0.880. The number of carbonyl (C=O) groups excluding carboxylic acids is 1. The molecule has 1 aromatic carbocycles. The predicted octanol–water partition coefficient (Wildman–Crippen LogP) is 2.75. The molecule has 0 aliphatic heterocycles. The monoisotopic (exact) mass is 224 g/mol. The quantitative estimate of drug-likeness (QED) is 0.571. The van der Waals surface area contributed by atoms with Crippen LogP contribution in [-0.4, -0.2) is 6.29 Å². The van der Waals surface area contributed by atoms with Crippen LogP contribution in [0.15, 0.2) is 40.9 Å². The number of allylic oxidation sites excluding steroid dienone is 2. The number of aldehydes is 1. The number of hydrogen-bond acceptors (Lipinski definition) is 1.